The van der Waals surface area contributed by atoms with E-state index >= 15 is 0 Å². The van der Waals surface area contributed by atoms with E-state index in [1.54, 1.807) is 31.3 Å². The molecule has 45 heavy (non-hydrogen) atoms. The predicted octanol–water partition coefficient (Wildman–Crippen LogP) is 5.96. The van der Waals surface area contributed by atoms with Crippen LogP contribution < -0.4 is 21.1 Å². The summed E-state index contributed by atoms with van der Waals surface area (Å²) >= 11 is 0. The fourth-order valence-corrected chi connectivity index (χ4v) is 3.45. The Labute approximate surface area is 271 Å². The van der Waals surface area contributed by atoms with Crippen molar-refractivity contribution in [3.8, 4) is 11.5 Å². The highest BCUT2D eigenvalue weighted by Crippen LogP contribution is 2.21. The van der Waals surface area contributed by atoms with Crippen molar-refractivity contribution in [2.75, 3.05) is 33.7 Å². The maximum absolute atomic E-state index is 11.7. The lowest BCUT2D eigenvalue weighted by Gasteiger charge is -2.27. The first-order valence-corrected chi connectivity index (χ1v) is 15.5. The molecular weight excluding hydrogens is 568 g/mol. The molecule has 9 nitrogen and oxygen atoms in total. The summed E-state index contributed by atoms with van der Waals surface area (Å²) in [5.74, 6) is 1.32. The number of likely N-dealkylation sites (N-methyl/N-ethyl adjacent to an activating group) is 2. The Morgan fingerprint density at radius 3 is 2.16 bits per heavy atom. The van der Waals surface area contributed by atoms with E-state index in [0.29, 0.717) is 29.3 Å². The predicted molar refractivity (Wildman–Crippen MR) is 186 cm³/mol. The number of para-hydroxylation sites is 1. The molecule has 9 heteroatoms. The zero-order valence-electron chi connectivity index (χ0n) is 28.5. The van der Waals surface area contributed by atoms with Gasteiger partial charge in [-0.1, -0.05) is 82.2 Å². The molecule has 0 aliphatic carbocycles. The standard InChI is InChI=1S/C15H13NO3.C9H16.C7H13NO.C3H8N2O.C2H6/c17-10-9-16-15(18)12-5-4-8-14(11-12)19-13-6-2-1-3-7-13;1-5-9(4)7-6-8(2)3;1-8-5-3-2-4-7(8)6-9;1-5-2-3(4)6;1-2/h1-8,10-11H,9H2,(H,16,18);5-8H,1-4H3;6-7H,2-5H2,1H3;5H,2H2,1H3,(H2,4,6);1-2H3/b;7-6-,9-5-;;;. The van der Waals surface area contributed by atoms with Crippen LogP contribution in [0.4, 0.5) is 0 Å². The lowest BCUT2D eigenvalue weighted by molar-refractivity contribution is -0.117. The Balaban J connectivity index is 0. The van der Waals surface area contributed by atoms with Crippen molar-refractivity contribution in [3.63, 3.8) is 0 Å². The van der Waals surface area contributed by atoms with Crippen LogP contribution in [0.25, 0.3) is 0 Å². The summed E-state index contributed by atoms with van der Waals surface area (Å²) in [7, 11) is 3.68. The van der Waals surface area contributed by atoms with Crippen molar-refractivity contribution in [1.82, 2.24) is 15.5 Å². The minimum absolute atomic E-state index is 0.00258. The highest BCUT2D eigenvalue weighted by Gasteiger charge is 2.16. The number of nitrogens with zero attached hydrogens (tertiary/aromatic N) is 1. The number of ether oxygens (including phenoxy) is 1. The van der Waals surface area contributed by atoms with Gasteiger partial charge in [-0.15, -0.1) is 0 Å². The molecule has 0 aromatic heterocycles. The van der Waals surface area contributed by atoms with Gasteiger partial charge < -0.3 is 30.7 Å². The van der Waals surface area contributed by atoms with E-state index in [2.05, 4.69) is 61.5 Å². The number of nitrogens with two attached hydrogens (primary N) is 1. The normalized spacial score (nSPS) is 14.1. The van der Waals surface area contributed by atoms with Crippen LogP contribution in [0, 0.1) is 5.92 Å². The highest BCUT2D eigenvalue weighted by molar-refractivity contribution is 5.95. The number of nitrogens with one attached hydrogen (secondary N) is 2. The van der Waals surface area contributed by atoms with Crippen molar-refractivity contribution in [2.24, 2.45) is 11.7 Å². The summed E-state index contributed by atoms with van der Waals surface area (Å²) in [6, 6.07) is 16.3. The smallest absolute Gasteiger partial charge is 0.251 e. The van der Waals surface area contributed by atoms with Crippen molar-refractivity contribution in [3.05, 3.63) is 84.0 Å². The third-order valence-corrected chi connectivity index (χ3v) is 5.96. The van der Waals surface area contributed by atoms with Crippen LogP contribution in [0.1, 0.15) is 71.2 Å². The van der Waals surface area contributed by atoms with Gasteiger partial charge in [0.25, 0.3) is 5.91 Å². The van der Waals surface area contributed by atoms with E-state index in [9.17, 15) is 19.2 Å². The van der Waals surface area contributed by atoms with Gasteiger partial charge in [-0.2, -0.15) is 0 Å². The van der Waals surface area contributed by atoms with Crippen molar-refractivity contribution in [1.29, 1.82) is 0 Å². The molecule has 1 unspecified atom stereocenters. The van der Waals surface area contributed by atoms with Crippen molar-refractivity contribution in [2.45, 2.75) is 66.8 Å². The summed E-state index contributed by atoms with van der Waals surface area (Å²) in [6.45, 7) is 13.9. The second-order valence-corrected chi connectivity index (χ2v) is 10.1. The number of benzene rings is 2. The van der Waals surface area contributed by atoms with E-state index < -0.39 is 0 Å². The van der Waals surface area contributed by atoms with Gasteiger partial charge in [-0.25, -0.2) is 0 Å². The summed E-state index contributed by atoms with van der Waals surface area (Å²) in [5.41, 5.74) is 6.49. The molecule has 0 radical (unpaired) electrons. The summed E-state index contributed by atoms with van der Waals surface area (Å²) in [5, 5.41) is 5.07. The highest BCUT2D eigenvalue weighted by atomic mass is 16.5. The van der Waals surface area contributed by atoms with Crippen LogP contribution in [0.15, 0.2) is 78.4 Å². The summed E-state index contributed by atoms with van der Waals surface area (Å²) in [4.78, 5) is 44.1. The Bertz CT molecular complexity index is 1130. The van der Waals surface area contributed by atoms with Crippen LogP contribution >= 0.6 is 0 Å². The van der Waals surface area contributed by atoms with Gasteiger partial charge in [0.1, 0.15) is 24.1 Å². The number of amides is 2. The van der Waals surface area contributed by atoms with Gasteiger partial charge in [0, 0.05) is 5.56 Å². The topological polar surface area (TPSA) is 131 Å². The molecule has 2 amide bonds. The molecule has 0 spiro atoms. The van der Waals surface area contributed by atoms with Crippen molar-refractivity contribution >= 4 is 24.4 Å². The number of rotatable bonds is 10. The molecule has 3 rings (SSSR count). The Hall–Kier alpha value is -4.08. The van der Waals surface area contributed by atoms with Crippen LogP contribution in [-0.4, -0.2) is 69.1 Å². The summed E-state index contributed by atoms with van der Waals surface area (Å²) < 4.78 is 5.62. The summed E-state index contributed by atoms with van der Waals surface area (Å²) in [6.07, 6.45) is 11.7. The molecule has 250 valence electrons. The average molecular weight is 625 g/mol. The third kappa shape index (κ3) is 24.0. The second-order valence-electron chi connectivity index (χ2n) is 10.1. The Morgan fingerprint density at radius 2 is 1.69 bits per heavy atom. The van der Waals surface area contributed by atoms with Crippen LogP contribution in [-0.2, 0) is 14.4 Å². The van der Waals surface area contributed by atoms with Gasteiger partial charge in [0.2, 0.25) is 5.91 Å². The van der Waals surface area contributed by atoms with Gasteiger partial charge in [-0.05, 0) is 83.6 Å². The zero-order valence-corrected chi connectivity index (χ0v) is 28.5. The fourth-order valence-electron chi connectivity index (χ4n) is 3.45. The van der Waals surface area contributed by atoms with Crippen LogP contribution in [0.3, 0.4) is 0 Å². The molecule has 4 N–H and O–H groups in total. The number of hydrogen-bond donors (Lipinski definition) is 3. The fraction of sp³-hybridized carbons (Fsp3) is 0.444. The molecular formula is C36H56N4O5. The maximum atomic E-state index is 11.7. The van der Waals surface area contributed by atoms with E-state index in [4.69, 9.17) is 10.5 Å². The lowest BCUT2D eigenvalue weighted by atomic mass is 10.0. The molecule has 1 fully saturated rings. The van der Waals surface area contributed by atoms with Gasteiger partial charge in [0.05, 0.1) is 19.1 Å². The van der Waals surface area contributed by atoms with Crippen LogP contribution in [0.2, 0.25) is 0 Å². The minimum Gasteiger partial charge on any atom is -0.457 e. The molecule has 0 saturated carbocycles. The number of hydrogen-bond acceptors (Lipinski definition) is 7. The molecule has 2 aromatic carbocycles. The number of aldehydes is 2. The number of primary amides is 1. The van der Waals surface area contributed by atoms with E-state index in [1.165, 1.54) is 18.4 Å². The van der Waals surface area contributed by atoms with Gasteiger partial charge >= 0.3 is 0 Å². The molecule has 1 aliphatic rings. The molecule has 1 saturated heterocycles. The first kappa shape index (κ1) is 43.0. The largest absolute Gasteiger partial charge is 0.457 e. The molecule has 1 aliphatic heterocycles. The molecule has 0 bridgehead atoms. The minimum atomic E-state index is -0.322. The van der Waals surface area contributed by atoms with E-state index in [0.717, 1.165) is 19.3 Å². The monoisotopic (exact) mass is 624 g/mol. The number of carbonyl (C=O) groups excluding carboxylic acids is 4. The van der Waals surface area contributed by atoms with Crippen LogP contribution in [0.5, 0.6) is 11.5 Å². The number of likely N-dealkylation sites (tertiary alicyclic amines) is 1. The first-order valence-electron chi connectivity index (χ1n) is 15.5. The first-order chi connectivity index (χ1) is 21.6. The quantitative estimate of drug-likeness (QED) is 0.220. The third-order valence-electron chi connectivity index (χ3n) is 5.96. The number of allylic oxidation sites excluding steroid dienone is 4. The Morgan fingerprint density at radius 1 is 1.04 bits per heavy atom. The van der Waals surface area contributed by atoms with Crippen molar-refractivity contribution < 1.29 is 23.9 Å². The molecule has 1 heterocycles. The maximum Gasteiger partial charge on any atom is 0.251 e. The van der Waals surface area contributed by atoms with E-state index in [1.807, 2.05) is 51.2 Å². The average Bonchev–Trinajstić information content (AvgIpc) is 3.05. The van der Waals surface area contributed by atoms with E-state index in [-0.39, 0.29) is 30.9 Å². The lowest BCUT2D eigenvalue weighted by Crippen LogP contribution is -2.37. The van der Waals surface area contributed by atoms with Gasteiger partial charge in [0.15, 0.2) is 0 Å². The Kier molecular flexibility index (Phi) is 27.4. The second kappa shape index (κ2) is 28.7. The number of carbonyl (C=O) groups is 4. The SMILES string of the molecule is C/C=C(C)\C=C/C(C)C.CC.CN1CCCCC1C=O.CNCC(N)=O.O=CCNC(=O)c1cccc(Oc2ccccc2)c1. The van der Waals surface area contributed by atoms with Gasteiger partial charge in [-0.3, -0.25) is 14.5 Å². The molecule has 2 aromatic rings. The molecule has 1 atom stereocenters. The number of piperidine rings is 1. The zero-order chi connectivity index (χ0) is 34.5.